The van der Waals surface area contributed by atoms with E-state index in [-0.39, 0.29) is 18.2 Å². The number of aromatic nitrogens is 1. The molecule has 1 aromatic heterocycles. The van der Waals surface area contributed by atoms with Crippen LogP contribution in [0.1, 0.15) is 31.9 Å². The van der Waals surface area contributed by atoms with Crippen molar-refractivity contribution in [2.75, 3.05) is 11.1 Å². The summed E-state index contributed by atoms with van der Waals surface area (Å²) in [7, 11) is 0. The number of rotatable bonds is 7. The standard InChI is InChI=1S/C18H20ClN3O2S/c1-3-25-18-9-8-15(11-20-18)22-17(24)10-16(21-12(2)23)13-4-6-14(19)7-5-13/h4-9,11,16H,3,10H2,1-2H3,(H,21,23)(H,22,24)/t16-/m0/s1. The smallest absolute Gasteiger partial charge is 0.226 e. The summed E-state index contributed by atoms with van der Waals surface area (Å²) in [6, 6.07) is 10.3. The number of halogens is 1. The van der Waals surface area contributed by atoms with E-state index < -0.39 is 6.04 Å². The van der Waals surface area contributed by atoms with Gasteiger partial charge in [0.15, 0.2) is 0 Å². The number of thioether (sulfide) groups is 1. The summed E-state index contributed by atoms with van der Waals surface area (Å²) in [4.78, 5) is 28.1. The van der Waals surface area contributed by atoms with Crippen LogP contribution in [0.15, 0.2) is 47.6 Å². The summed E-state index contributed by atoms with van der Waals surface area (Å²) in [5.41, 5.74) is 1.45. The van der Waals surface area contributed by atoms with Crippen molar-refractivity contribution < 1.29 is 9.59 Å². The highest BCUT2D eigenvalue weighted by molar-refractivity contribution is 7.99. The first-order valence-electron chi connectivity index (χ1n) is 7.89. The van der Waals surface area contributed by atoms with Crippen LogP contribution in [-0.2, 0) is 9.59 Å². The third-order valence-electron chi connectivity index (χ3n) is 3.35. The molecule has 2 N–H and O–H groups in total. The SMILES string of the molecule is CCSc1ccc(NC(=O)C[C@H](NC(C)=O)c2ccc(Cl)cc2)cn1. The Balaban J connectivity index is 2.03. The minimum atomic E-state index is -0.419. The van der Waals surface area contributed by atoms with Gasteiger partial charge in [-0.1, -0.05) is 30.7 Å². The third kappa shape index (κ3) is 6.40. The summed E-state index contributed by atoms with van der Waals surface area (Å²) in [6.45, 7) is 3.48. The minimum absolute atomic E-state index is 0.118. The molecule has 0 unspecified atom stereocenters. The minimum Gasteiger partial charge on any atom is -0.349 e. The second kappa shape index (κ2) is 9.44. The van der Waals surface area contributed by atoms with Crippen LogP contribution < -0.4 is 10.6 Å². The molecule has 0 saturated carbocycles. The zero-order valence-corrected chi connectivity index (χ0v) is 15.7. The van der Waals surface area contributed by atoms with E-state index in [4.69, 9.17) is 11.6 Å². The highest BCUT2D eigenvalue weighted by Crippen LogP contribution is 2.21. The van der Waals surface area contributed by atoms with E-state index in [2.05, 4.69) is 22.5 Å². The number of carbonyl (C=O) groups excluding carboxylic acids is 2. The molecule has 0 radical (unpaired) electrons. The highest BCUT2D eigenvalue weighted by atomic mass is 35.5. The van der Waals surface area contributed by atoms with Gasteiger partial charge < -0.3 is 10.6 Å². The Morgan fingerprint density at radius 2 is 1.92 bits per heavy atom. The molecule has 5 nitrogen and oxygen atoms in total. The Bertz CT molecular complexity index is 720. The fourth-order valence-electron chi connectivity index (χ4n) is 2.28. The fraction of sp³-hybridized carbons (Fsp3) is 0.278. The van der Waals surface area contributed by atoms with Gasteiger partial charge in [-0.2, -0.15) is 0 Å². The maximum absolute atomic E-state index is 12.3. The predicted molar refractivity (Wildman–Crippen MR) is 102 cm³/mol. The number of nitrogens with zero attached hydrogens (tertiary/aromatic N) is 1. The van der Waals surface area contributed by atoms with Gasteiger partial charge in [0, 0.05) is 11.9 Å². The van der Waals surface area contributed by atoms with Crippen molar-refractivity contribution in [3.05, 3.63) is 53.2 Å². The van der Waals surface area contributed by atoms with Crippen molar-refractivity contribution in [1.29, 1.82) is 0 Å². The van der Waals surface area contributed by atoms with E-state index in [0.29, 0.717) is 10.7 Å². The Labute approximate surface area is 156 Å². The molecule has 25 heavy (non-hydrogen) atoms. The Kier molecular flexibility index (Phi) is 7.28. The molecule has 0 saturated heterocycles. The molecule has 132 valence electrons. The number of anilines is 1. The van der Waals surface area contributed by atoms with Gasteiger partial charge in [0.1, 0.15) is 0 Å². The van der Waals surface area contributed by atoms with Crippen molar-refractivity contribution in [1.82, 2.24) is 10.3 Å². The van der Waals surface area contributed by atoms with Crippen LogP contribution in [0.5, 0.6) is 0 Å². The number of benzene rings is 1. The number of carbonyl (C=O) groups is 2. The largest absolute Gasteiger partial charge is 0.349 e. The quantitative estimate of drug-likeness (QED) is 0.714. The number of hydrogen-bond acceptors (Lipinski definition) is 4. The number of amides is 2. The first-order chi connectivity index (χ1) is 12.0. The van der Waals surface area contributed by atoms with E-state index in [1.54, 1.807) is 42.2 Å². The van der Waals surface area contributed by atoms with E-state index in [1.165, 1.54) is 6.92 Å². The van der Waals surface area contributed by atoms with Gasteiger partial charge in [-0.3, -0.25) is 9.59 Å². The fourth-order valence-corrected chi connectivity index (χ4v) is 2.99. The average molecular weight is 378 g/mol. The molecule has 2 aromatic rings. The van der Waals surface area contributed by atoms with Crippen molar-refractivity contribution in [3.63, 3.8) is 0 Å². The lowest BCUT2D eigenvalue weighted by Crippen LogP contribution is -2.29. The van der Waals surface area contributed by atoms with E-state index in [0.717, 1.165) is 16.3 Å². The maximum atomic E-state index is 12.3. The zero-order chi connectivity index (χ0) is 18.2. The van der Waals surface area contributed by atoms with Crippen LogP contribution in [0.4, 0.5) is 5.69 Å². The van der Waals surface area contributed by atoms with Gasteiger partial charge in [-0.25, -0.2) is 4.98 Å². The van der Waals surface area contributed by atoms with Gasteiger partial charge in [0.05, 0.1) is 29.4 Å². The van der Waals surface area contributed by atoms with Gasteiger partial charge in [-0.15, -0.1) is 11.8 Å². The van der Waals surface area contributed by atoms with Gasteiger partial charge in [-0.05, 0) is 35.6 Å². The second-order valence-electron chi connectivity index (χ2n) is 5.38. The summed E-state index contributed by atoms with van der Waals surface area (Å²) in [6.07, 6.45) is 1.75. The topological polar surface area (TPSA) is 71.1 Å². The van der Waals surface area contributed by atoms with Crippen LogP contribution in [0.3, 0.4) is 0 Å². The monoisotopic (exact) mass is 377 g/mol. The molecule has 0 aliphatic carbocycles. The van der Waals surface area contributed by atoms with E-state index >= 15 is 0 Å². The highest BCUT2D eigenvalue weighted by Gasteiger charge is 2.17. The van der Waals surface area contributed by atoms with Crippen molar-refractivity contribution in [2.45, 2.75) is 31.3 Å². The predicted octanol–water partition coefficient (Wildman–Crippen LogP) is 4.05. The molecule has 0 fully saturated rings. The molecule has 0 bridgehead atoms. The maximum Gasteiger partial charge on any atom is 0.226 e. The molecule has 7 heteroatoms. The molecule has 0 spiro atoms. The summed E-state index contributed by atoms with van der Waals surface area (Å²) in [5, 5.41) is 7.12. The van der Waals surface area contributed by atoms with Crippen LogP contribution in [0.2, 0.25) is 5.02 Å². The third-order valence-corrected chi connectivity index (χ3v) is 4.43. The molecule has 0 aliphatic heterocycles. The molecule has 2 amide bonds. The van der Waals surface area contributed by atoms with Gasteiger partial charge >= 0.3 is 0 Å². The first kappa shape index (κ1) is 19.3. The average Bonchev–Trinajstić information content (AvgIpc) is 2.56. The summed E-state index contributed by atoms with van der Waals surface area (Å²) < 4.78 is 0. The van der Waals surface area contributed by atoms with E-state index in [9.17, 15) is 9.59 Å². The van der Waals surface area contributed by atoms with Crippen LogP contribution >= 0.6 is 23.4 Å². The molecular weight excluding hydrogens is 358 g/mol. The molecular formula is C18H20ClN3O2S. The lowest BCUT2D eigenvalue weighted by atomic mass is 10.0. The second-order valence-corrected chi connectivity index (χ2v) is 7.10. The van der Waals surface area contributed by atoms with Crippen molar-refractivity contribution >= 4 is 40.9 Å². The number of hydrogen-bond donors (Lipinski definition) is 2. The van der Waals surface area contributed by atoms with Gasteiger partial charge in [0.25, 0.3) is 0 Å². The lowest BCUT2D eigenvalue weighted by molar-refractivity contribution is -0.120. The van der Waals surface area contributed by atoms with Gasteiger partial charge in [0.2, 0.25) is 11.8 Å². The Morgan fingerprint density at radius 1 is 1.20 bits per heavy atom. The Morgan fingerprint density at radius 3 is 2.48 bits per heavy atom. The van der Waals surface area contributed by atoms with Crippen molar-refractivity contribution in [2.24, 2.45) is 0 Å². The molecule has 1 heterocycles. The normalized spacial score (nSPS) is 11.6. The molecule has 1 atom stereocenters. The molecule has 1 aromatic carbocycles. The summed E-state index contributed by atoms with van der Waals surface area (Å²) >= 11 is 7.53. The number of pyridine rings is 1. The lowest BCUT2D eigenvalue weighted by Gasteiger charge is -2.18. The van der Waals surface area contributed by atoms with Crippen LogP contribution in [0, 0.1) is 0 Å². The van der Waals surface area contributed by atoms with E-state index in [1.807, 2.05) is 12.1 Å². The summed E-state index contributed by atoms with van der Waals surface area (Å²) in [5.74, 6) is 0.541. The molecule has 0 aliphatic rings. The van der Waals surface area contributed by atoms with Crippen molar-refractivity contribution in [3.8, 4) is 0 Å². The first-order valence-corrected chi connectivity index (χ1v) is 9.25. The van der Waals surface area contributed by atoms with Crippen LogP contribution in [-0.4, -0.2) is 22.6 Å². The zero-order valence-electron chi connectivity index (χ0n) is 14.1. The Hall–Kier alpha value is -2.05. The number of nitrogens with one attached hydrogen (secondary N) is 2. The van der Waals surface area contributed by atoms with Crippen LogP contribution in [0.25, 0.3) is 0 Å². The molecule has 2 rings (SSSR count).